The van der Waals surface area contributed by atoms with E-state index in [1.54, 1.807) is 0 Å². The summed E-state index contributed by atoms with van der Waals surface area (Å²) in [5.74, 6) is 0.595. The molecule has 1 aromatic heterocycles. The summed E-state index contributed by atoms with van der Waals surface area (Å²) in [7, 11) is 0. The molecule has 2 atom stereocenters. The van der Waals surface area contributed by atoms with Crippen LogP contribution in [0.25, 0.3) is 87.8 Å². The number of fused-ring (bicyclic) bond motifs is 9. The lowest BCUT2D eigenvalue weighted by Gasteiger charge is -2.31. The van der Waals surface area contributed by atoms with Crippen LogP contribution in [0, 0.1) is 5.92 Å². The second kappa shape index (κ2) is 16.6. The number of aromatic nitrogens is 1. The van der Waals surface area contributed by atoms with Crippen molar-refractivity contribution in [2.24, 2.45) is 10.9 Å². The van der Waals surface area contributed by atoms with E-state index in [0.29, 0.717) is 5.92 Å². The van der Waals surface area contributed by atoms with Gasteiger partial charge in [0.15, 0.2) is 0 Å². The van der Waals surface area contributed by atoms with Gasteiger partial charge in [-0.3, -0.25) is 4.99 Å². The summed E-state index contributed by atoms with van der Waals surface area (Å²) in [5, 5.41) is 10.1. The minimum Gasteiger partial charge on any atom is -0.309 e. The van der Waals surface area contributed by atoms with Crippen molar-refractivity contribution in [1.29, 1.82) is 0 Å². The van der Waals surface area contributed by atoms with Crippen LogP contribution in [0.1, 0.15) is 55.7 Å². The molecule has 2 heterocycles. The summed E-state index contributed by atoms with van der Waals surface area (Å²) in [6.45, 7) is 4.66. The highest BCUT2D eigenvalue weighted by atomic mass is 15.0. The van der Waals surface area contributed by atoms with E-state index in [9.17, 15) is 0 Å². The first-order valence-electron chi connectivity index (χ1n) is 23.6. The van der Waals surface area contributed by atoms with Crippen LogP contribution in [0.3, 0.4) is 0 Å². The molecule has 2 nitrogen and oxygen atoms in total. The van der Waals surface area contributed by atoms with Crippen molar-refractivity contribution >= 4 is 65.5 Å². The Bertz CT molecular complexity index is 3670. The maximum atomic E-state index is 5.84. The van der Waals surface area contributed by atoms with Gasteiger partial charge in [-0.2, -0.15) is 0 Å². The van der Waals surface area contributed by atoms with E-state index >= 15 is 0 Å². The fraction of sp³-hybridized carbons (Fsp3) is 0.109. The van der Waals surface area contributed by atoms with Crippen LogP contribution < -0.4 is 0 Å². The molecule has 0 spiro atoms. The number of nitrogens with zero attached hydrogens (tertiary/aromatic N) is 2. The largest absolute Gasteiger partial charge is 0.309 e. The van der Waals surface area contributed by atoms with E-state index in [-0.39, 0.29) is 5.92 Å². The molecule has 316 valence electrons. The van der Waals surface area contributed by atoms with E-state index in [4.69, 9.17) is 4.99 Å². The fourth-order valence-corrected chi connectivity index (χ4v) is 11.2. The van der Waals surface area contributed by atoms with Gasteiger partial charge in [0, 0.05) is 27.9 Å². The van der Waals surface area contributed by atoms with E-state index in [1.165, 1.54) is 104 Å². The first kappa shape index (κ1) is 39.8. The highest BCUT2D eigenvalue weighted by molar-refractivity contribution is 6.29. The van der Waals surface area contributed by atoms with Crippen molar-refractivity contribution < 1.29 is 0 Å². The average Bonchev–Trinajstić information content (AvgIpc) is 3.72. The zero-order chi connectivity index (χ0) is 44.1. The molecule has 0 fully saturated rings. The molecular formula is C64H50N2. The summed E-state index contributed by atoms with van der Waals surface area (Å²) in [5.41, 5.74) is 15.9. The second-order valence-corrected chi connectivity index (χ2v) is 18.1. The molecule has 0 N–H and O–H groups in total. The standard InChI is InChI=1S/C64H50N2/c1-3-50-51(45-33-31-44(32-34-45)43-18-7-4-8-19-43)37-30-42(2)63(65-64(50)46-20-9-5-10-21-46)48-36-39-58-59(40-48)54-25-14-13-24-53(54)57-28-17-27-52(62(57)58)47-35-38-56-55-26-15-16-29-60(55)66(61(56)41-47)49-22-11-6-12-23-49/h4-29,31-36,38-41,50-51H,3,30,37H2,1-2H3/b63-42+,65-64?. The van der Waals surface area contributed by atoms with Crippen LogP contribution in [-0.4, -0.2) is 10.3 Å². The molecule has 1 aliphatic rings. The summed E-state index contributed by atoms with van der Waals surface area (Å²) >= 11 is 0. The number of benzene rings is 10. The van der Waals surface area contributed by atoms with Gasteiger partial charge in [0.2, 0.25) is 0 Å². The van der Waals surface area contributed by atoms with Gasteiger partial charge in [-0.15, -0.1) is 0 Å². The van der Waals surface area contributed by atoms with Gasteiger partial charge >= 0.3 is 0 Å². The van der Waals surface area contributed by atoms with Gasteiger partial charge in [-0.05, 0) is 134 Å². The van der Waals surface area contributed by atoms with Crippen molar-refractivity contribution in [2.45, 2.75) is 39.0 Å². The third-order valence-electron chi connectivity index (χ3n) is 14.4. The fourth-order valence-electron chi connectivity index (χ4n) is 11.2. The number of aliphatic imine (C=N–C) groups is 1. The molecule has 0 aliphatic carbocycles. The molecule has 2 heteroatoms. The van der Waals surface area contributed by atoms with E-state index in [0.717, 1.165) is 30.6 Å². The monoisotopic (exact) mass is 846 g/mol. The molecule has 0 saturated heterocycles. The van der Waals surface area contributed by atoms with Crippen molar-refractivity contribution in [3.63, 3.8) is 0 Å². The third kappa shape index (κ3) is 6.75. The zero-order valence-electron chi connectivity index (χ0n) is 37.5. The molecule has 1 aliphatic heterocycles. The van der Waals surface area contributed by atoms with E-state index in [1.807, 2.05) is 0 Å². The number of allylic oxidation sites excluding steroid dienone is 1. The Morgan fingerprint density at radius 3 is 1.76 bits per heavy atom. The molecule has 0 bridgehead atoms. The van der Waals surface area contributed by atoms with Crippen LogP contribution in [0.4, 0.5) is 0 Å². The molecule has 66 heavy (non-hydrogen) atoms. The summed E-state index contributed by atoms with van der Waals surface area (Å²) in [6, 6.07) is 80.6. The van der Waals surface area contributed by atoms with E-state index in [2.05, 4.69) is 237 Å². The topological polar surface area (TPSA) is 17.3 Å². The molecule has 11 aromatic rings. The Labute approximate surface area is 386 Å². The van der Waals surface area contributed by atoms with Crippen LogP contribution in [0.2, 0.25) is 0 Å². The highest BCUT2D eigenvalue weighted by Crippen LogP contribution is 2.45. The van der Waals surface area contributed by atoms with E-state index < -0.39 is 0 Å². The Kier molecular flexibility index (Phi) is 10.0. The minimum atomic E-state index is 0.254. The molecule has 0 saturated carbocycles. The second-order valence-electron chi connectivity index (χ2n) is 18.1. The SMILES string of the molecule is CCC1C(c2ccccc2)=N/C(c2ccc3c(c2)c2ccccc2c2cccc(-c4ccc5c6ccccc6n(-c6ccccc6)c5c4)c23)=C(\C)CCC1c1ccc(-c2ccccc2)cc1. The van der Waals surface area contributed by atoms with Gasteiger partial charge in [0.05, 0.1) is 22.4 Å². The highest BCUT2D eigenvalue weighted by Gasteiger charge is 2.30. The Hall–Kier alpha value is -7.81. The number of rotatable bonds is 7. The minimum absolute atomic E-state index is 0.254. The van der Waals surface area contributed by atoms with Crippen molar-refractivity contribution in [3.8, 4) is 27.9 Å². The van der Waals surface area contributed by atoms with Gasteiger partial charge in [0.1, 0.15) is 0 Å². The van der Waals surface area contributed by atoms with Gasteiger partial charge in [-0.1, -0.05) is 195 Å². The predicted molar refractivity (Wildman–Crippen MR) is 282 cm³/mol. The molecule has 12 rings (SSSR count). The van der Waals surface area contributed by atoms with Crippen molar-refractivity contribution in [1.82, 2.24) is 4.57 Å². The lowest BCUT2D eigenvalue weighted by Crippen LogP contribution is -2.25. The average molecular weight is 847 g/mol. The maximum absolute atomic E-state index is 5.84. The Balaban J connectivity index is 1.02. The molecule has 0 amide bonds. The summed E-state index contributed by atoms with van der Waals surface area (Å²) in [6.07, 6.45) is 3.04. The van der Waals surface area contributed by atoms with Crippen molar-refractivity contribution in [2.75, 3.05) is 0 Å². The Morgan fingerprint density at radius 2 is 1.02 bits per heavy atom. The van der Waals surface area contributed by atoms with Gasteiger partial charge in [-0.25, -0.2) is 0 Å². The smallest absolute Gasteiger partial charge is 0.0695 e. The number of hydrogen-bond acceptors (Lipinski definition) is 1. The molecular weight excluding hydrogens is 797 g/mol. The predicted octanol–water partition coefficient (Wildman–Crippen LogP) is 17.4. The molecule has 0 radical (unpaired) electrons. The number of hydrogen-bond donors (Lipinski definition) is 0. The van der Waals surface area contributed by atoms with Gasteiger partial charge < -0.3 is 4.57 Å². The molecule has 2 unspecified atom stereocenters. The van der Waals surface area contributed by atoms with Crippen molar-refractivity contribution in [3.05, 3.63) is 241 Å². The van der Waals surface area contributed by atoms with Gasteiger partial charge in [0.25, 0.3) is 0 Å². The lowest BCUT2D eigenvalue weighted by molar-refractivity contribution is 0.486. The third-order valence-corrected chi connectivity index (χ3v) is 14.4. The van der Waals surface area contributed by atoms with Crippen LogP contribution in [-0.2, 0) is 0 Å². The first-order chi connectivity index (χ1) is 32.6. The normalized spacial score (nSPS) is 16.8. The zero-order valence-corrected chi connectivity index (χ0v) is 37.5. The van der Waals surface area contributed by atoms with Crippen LogP contribution in [0.15, 0.2) is 229 Å². The summed E-state index contributed by atoms with van der Waals surface area (Å²) in [4.78, 5) is 5.84. The number of para-hydroxylation sites is 2. The quantitative estimate of drug-likeness (QED) is 0.142. The Morgan fingerprint density at radius 1 is 0.455 bits per heavy atom. The van der Waals surface area contributed by atoms with Crippen LogP contribution in [0.5, 0.6) is 0 Å². The molecule has 10 aromatic carbocycles. The van der Waals surface area contributed by atoms with Crippen LogP contribution >= 0.6 is 0 Å². The summed E-state index contributed by atoms with van der Waals surface area (Å²) < 4.78 is 2.42. The first-order valence-corrected chi connectivity index (χ1v) is 23.6. The lowest BCUT2D eigenvalue weighted by atomic mass is 9.75. The maximum Gasteiger partial charge on any atom is 0.0695 e.